The largest absolute Gasteiger partial charge is 0.491 e. The van der Waals surface area contributed by atoms with Gasteiger partial charge in [0.1, 0.15) is 12.4 Å². The summed E-state index contributed by atoms with van der Waals surface area (Å²) in [6.07, 6.45) is 3.49. The fourth-order valence-corrected chi connectivity index (χ4v) is 3.48. The maximum atomic E-state index is 5.84. The summed E-state index contributed by atoms with van der Waals surface area (Å²) in [5, 5.41) is 0. The molecule has 5 heteroatoms. The first-order valence-electron chi connectivity index (χ1n) is 8.99. The molecule has 2 aliphatic rings. The van der Waals surface area contributed by atoms with Crippen LogP contribution >= 0.6 is 0 Å². The topological polar surface area (TPSA) is 68.5 Å². The van der Waals surface area contributed by atoms with Crippen LogP contribution in [0.2, 0.25) is 0 Å². The lowest BCUT2D eigenvalue weighted by atomic mass is 9.97. The van der Waals surface area contributed by atoms with Gasteiger partial charge in [-0.05, 0) is 54.7 Å². The van der Waals surface area contributed by atoms with Crippen LogP contribution < -0.4 is 21.3 Å². The third-order valence-corrected chi connectivity index (χ3v) is 4.98. The average Bonchev–Trinajstić information content (AvgIpc) is 3.33. The maximum Gasteiger partial charge on any atom is 0.119 e. The van der Waals surface area contributed by atoms with Gasteiger partial charge < -0.3 is 15.2 Å². The van der Waals surface area contributed by atoms with Crippen LogP contribution in [-0.2, 0) is 4.74 Å². The summed E-state index contributed by atoms with van der Waals surface area (Å²) in [5.41, 5.74) is 15.8. The summed E-state index contributed by atoms with van der Waals surface area (Å²) in [6, 6.07) is 17.0. The van der Waals surface area contributed by atoms with Gasteiger partial charge in [-0.1, -0.05) is 24.3 Å². The fraction of sp³-hybridized carbons (Fsp3) is 0.400. The van der Waals surface area contributed by atoms with E-state index in [-0.39, 0.29) is 12.1 Å². The summed E-state index contributed by atoms with van der Waals surface area (Å²) < 4.78 is 11.4. The molecule has 4 rings (SSSR count). The lowest BCUT2D eigenvalue weighted by Gasteiger charge is -2.13. The number of hydrogen-bond donors (Lipinski definition) is 3. The first-order valence-corrected chi connectivity index (χ1v) is 8.99. The number of hydrazine groups is 1. The maximum absolute atomic E-state index is 5.84. The molecule has 0 amide bonds. The minimum atomic E-state index is 0.251. The molecule has 0 radical (unpaired) electrons. The Hall–Kier alpha value is -2.08. The number of nitrogen functional groups attached to an aromatic ring is 1. The summed E-state index contributed by atoms with van der Waals surface area (Å²) >= 11 is 0. The van der Waals surface area contributed by atoms with E-state index >= 15 is 0 Å². The van der Waals surface area contributed by atoms with E-state index in [2.05, 4.69) is 35.1 Å². The molecular weight excluding hydrogens is 314 g/mol. The Morgan fingerprint density at radius 3 is 2.20 bits per heavy atom. The molecule has 2 aliphatic heterocycles. The number of anilines is 1. The number of benzene rings is 2. The van der Waals surface area contributed by atoms with Gasteiger partial charge >= 0.3 is 0 Å². The Morgan fingerprint density at radius 2 is 1.60 bits per heavy atom. The van der Waals surface area contributed by atoms with E-state index in [0.717, 1.165) is 37.3 Å². The minimum absolute atomic E-state index is 0.251. The first-order chi connectivity index (χ1) is 12.3. The van der Waals surface area contributed by atoms with Crippen molar-refractivity contribution in [2.45, 2.75) is 37.5 Å². The minimum Gasteiger partial charge on any atom is -0.491 e. The van der Waals surface area contributed by atoms with E-state index in [1.807, 2.05) is 24.3 Å². The van der Waals surface area contributed by atoms with Crippen molar-refractivity contribution in [1.29, 1.82) is 0 Å². The molecule has 2 aromatic rings. The van der Waals surface area contributed by atoms with Gasteiger partial charge in [-0.2, -0.15) is 0 Å². The van der Waals surface area contributed by atoms with Crippen molar-refractivity contribution in [2.75, 3.05) is 18.9 Å². The smallest absolute Gasteiger partial charge is 0.119 e. The highest BCUT2D eigenvalue weighted by Crippen LogP contribution is 2.31. The summed E-state index contributed by atoms with van der Waals surface area (Å²) in [4.78, 5) is 0. The molecule has 3 atom stereocenters. The van der Waals surface area contributed by atoms with Crippen LogP contribution in [0.3, 0.4) is 0 Å². The number of nitrogens with two attached hydrogens (primary N) is 1. The Kier molecular flexibility index (Phi) is 4.88. The van der Waals surface area contributed by atoms with Crippen molar-refractivity contribution < 1.29 is 9.47 Å². The van der Waals surface area contributed by atoms with Gasteiger partial charge in [0.2, 0.25) is 0 Å². The lowest BCUT2D eigenvalue weighted by Crippen LogP contribution is -2.26. The van der Waals surface area contributed by atoms with Crippen molar-refractivity contribution in [2.24, 2.45) is 0 Å². The van der Waals surface area contributed by atoms with Crippen molar-refractivity contribution >= 4 is 5.69 Å². The Morgan fingerprint density at radius 1 is 0.960 bits per heavy atom. The van der Waals surface area contributed by atoms with Crippen LogP contribution in [0.15, 0.2) is 48.5 Å². The zero-order valence-corrected chi connectivity index (χ0v) is 14.3. The molecule has 0 saturated carbocycles. The Labute approximate surface area is 148 Å². The van der Waals surface area contributed by atoms with Gasteiger partial charge in [0.05, 0.1) is 6.10 Å². The summed E-state index contributed by atoms with van der Waals surface area (Å²) in [6.45, 7) is 1.50. The van der Waals surface area contributed by atoms with Crippen LogP contribution in [0.25, 0.3) is 0 Å². The van der Waals surface area contributed by atoms with Crippen LogP contribution in [0.4, 0.5) is 5.69 Å². The van der Waals surface area contributed by atoms with Crippen molar-refractivity contribution in [3.63, 3.8) is 0 Å². The second kappa shape index (κ2) is 7.44. The summed E-state index contributed by atoms with van der Waals surface area (Å²) in [5.74, 6) is 0.903. The normalized spacial score (nSPS) is 26.0. The van der Waals surface area contributed by atoms with Crippen LogP contribution in [-0.4, -0.2) is 19.3 Å². The van der Waals surface area contributed by atoms with Crippen molar-refractivity contribution in [3.8, 4) is 5.75 Å². The molecule has 4 N–H and O–H groups in total. The highest BCUT2D eigenvalue weighted by atomic mass is 16.5. The van der Waals surface area contributed by atoms with Gasteiger partial charge in [0, 0.05) is 24.4 Å². The quantitative estimate of drug-likeness (QED) is 0.730. The van der Waals surface area contributed by atoms with Crippen LogP contribution in [0.1, 0.15) is 42.5 Å². The third kappa shape index (κ3) is 3.95. The number of rotatable bonds is 5. The highest BCUT2D eigenvalue weighted by molar-refractivity contribution is 5.40. The molecular formula is C20H25N3O2. The molecule has 5 nitrogen and oxygen atoms in total. The van der Waals surface area contributed by atoms with E-state index in [4.69, 9.17) is 15.2 Å². The molecule has 0 aromatic heterocycles. The number of nitrogens with one attached hydrogen (secondary N) is 2. The third-order valence-electron chi connectivity index (χ3n) is 4.98. The second-order valence-electron chi connectivity index (χ2n) is 6.81. The summed E-state index contributed by atoms with van der Waals surface area (Å²) in [7, 11) is 0. The number of hydrogen-bond acceptors (Lipinski definition) is 5. The highest BCUT2D eigenvalue weighted by Gasteiger charge is 2.26. The van der Waals surface area contributed by atoms with E-state index in [1.54, 1.807) is 0 Å². The van der Waals surface area contributed by atoms with Gasteiger partial charge in [-0.25, -0.2) is 10.9 Å². The molecule has 0 bridgehead atoms. The van der Waals surface area contributed by atoms with Gasteiger partial charge in [-0.15, -0.1) is 0 Å². The molecule has 0 aliphatic carbocycles. The van der Waals surface area contributed by atoms with Gasteiger partial charge in [0.15, 0.2) is 0 Å². The van der Waals surface area contributed by atoms with E-state index in [9.17, 15) is 0 Å². The molecule has 3 unspecified atom stereocenters. The number of ether oxygens (including phenoxy) is 2. The molecule has 2 saturated heterocycles. The monoisotopic (exact) mass is 339 g/mol. The van der Waals surface area contributed by atoms with E-state index in [0.29, 0.717) is 12.6 Å². The van der Waals surface area contributed by atoms with Gasteiger partial charge in [0.25, 0.3) is 0 Å². The molecule has 0 spiro atoms. The predicted molar refractivity (Wildman–Crippen MR) is 98.1 cm³/mol. The zero-order chi connectivity index (χ0) is 17.1. The lowest BCUT2D eigenvalue weighted by molar-refractivity contribution is 0.0679. The molecule has 2 heterocycles. The molecule has 25 heavy (non-hydrogen) atoms. The molecule has 2 aromatic carbocycles. The van der Waals surface area contributed by atoms with Crippen molar-refractivity contribution in [3.05, 3.63) is 59.7 Å². The fourth-order valence-electron chi connectivity index (χ4n) is 3.48. The second-order valence-corrected chi connectivity index (χ2v) is 6.81. The zero-order valence-electron chi connectivity index (χ0n) is 14.3. The van der Waals surface area contributed by atoms with E-state index in [1.165, 1.54) is 11.1 Å². The SMILES string of the molecule is Nc1ccc(C2CC(c3ccc(OCC4CCCO4)cc3)NN2)cc1. The molecule has 2 fully saturated rings. The standard InChI is InChI=1S/C20H25N3O2/c21-16-7-3-14(4-8-16)19-12-20(23-22-19)15-5-9-17(10-6-15)25-13-18-2-1-11-24-18/h3-10,18-20,22-23H,1-2,11-13,21H2. The van der Waals surface area contributed by atoms with E-state index < -0.39 is 0 Å². The Balaban J connectivity index is 1.33. The first kappa shape index (κ1) is 16.4. The Bertz CT molecular complexity index is 681. The van der Waals surface area contributed by atoms with Crippen LogP contribution in [0.5, 0.6) is 5.75 Å². The van der Waals surface area contributed by atoms with Crippen molar-refractivity contribution in [1.82, 2.24) is 10.9 Å². The van der Waals surface area contributed by atoms with Crippen LogP contribution in [0, 0.1) is 0 Å². The van der Waals surface area contributed by atoms with Gasteiger partial charge in [-0.3, -0.25) is 0 Å². The average molecular weight is 339 g/mol. The predicted octanol–water partition coefficient (Wildman–Crippen LogP) is 3.11. The molecule has 132 valence electrons.